The van der Waals surface area contributed by atoms with Gasteiger partial charge >= 0.3 is 6.18 Å². The number of unbranched alkanes of at least 4 members (excludes halogenated alkanes) is 7. The van der Waals surface area contributed by atoms with Crippen molar-refractivity contribution in [2.24, 2.45) is 0 Å². The zero-order valence-electron chi connectivity index (χ0n) is 16.2. The monoisotopic (exact) mass is 404 g/mol. The minimum Gasteiger partial charge on any atom is -0.464 e. The molecule has 27 heavy (non-hydrogen) atoms. The van der Waals surface area contributed by atoms with Crippen LogP contribution in [0.5, 0.6) is 5.75 Å². The minimum atomic E-state index is -4.38. The van der Waals surface area contributed by atoms with E-state index in [-0.39, 0.29) is 4.90 Å². The van der Waals surface area contributed by atoms with Gasteiger partial charge in [0, 0.05) is 6.42 Å². The lowest BCUT2D eigenvalue weighted by molar-refractivity contribution is -0.140. The van der Waals surface area contributed by atoms with Crippen LogP contribution in [0.15, 0.2) is 23.1 Å². The zero-order valence-corrected chi connectivity index (χ0v) is 17.0. The van der Waals surface area contributed by atoms with E-state index in [4.69, 9.17) is 9.47 Å². The van der Waals surface area contributed by atoms with E-state index in [1.54, 1.807) is 6.07 Å². The average Bonchev–Trinajstić information content (AvgIpc) is 3.13. The van der Waals surface area contributed by atoms with Gasteiger partial charge in [-0.15, -0.1) is 11.8 Å². The maximum absolute atomic E-state index is 13.4. The van der Waals surface area contributed by atoms with Crippen LogP contribution in [0.3, 0.4) is 0 Å². The van der Waals surface area contributed by atoms with Crippen molar-refractivity contribution in [3.8, 4) is 5.75 Å². The third kappa shape index (κ3) is 7.94. The van der Waals surface area contributed by atoms with Crippen LogP contribution in [0.2, 0.25) is 0 Å². The molecule has 0 aromatic heterocycles. The van der Waals surface area contributed by atoms with Gasteiger partial charge in [0.2, 0.25) is 0 Å². The first-order valence-corrected chi connectivity index (χ1v) is 11.1. The Kier molecular flexibility index (Phi) is 9.83. The summed E-state index contributed by atoms with van der Waals surface area (Å²) in [5.74, 6) is 0.963. The van der Waals surface area contributed by atoms with Crippen molar-refractivity contribution in [1.82, 2.24) is 0 Å². The summed E-state index contributed by atoms with van der Waals surface area (Å²) in [7, 11) is 0. The molecule has 0 radical (unpaired) electrons. The Balaban J connectivity index is 1.86. The van der Waals surface area contributed by atoms with E-state index in [0.717, 1.165) is 38.2 Å². The fourth-order valence-corrected chi connectivity index (χ4v) is 4.32. The van der Waals surface area contributed by atoms with Gasteiger partial charge in [-0.25, -0.2) is 0 Å². The van der Waals surface area contributed by atoms with E-state index >= 15 is 0 Å². The number of ether oxygens (including phenoxy) is 2. The molecular weight excluding hydrogens is 373 g/mol. The van der Waals surface area contributed by atoms with E-state index in [9.17, 15) is 13.2 Å². The van der Waals surface area contributed by atoms with Gasteiger partial charge in [-0.3, -0.25) is 0 Å². The molecule has 0 amide bonds. The molecule has 1 fully saturated rings. The summed E-state index contributed by atoms with van der Waals surface area (Å²) in [5.41, 5.74) is -0.609. The van der Waals surface area contributed by atoms with Crippen molar-refractivity contribution in [2.45, 2.75) is 88.5 Å². The number of thioether (sulfide) groups is 1. The molecule has 1 aromatic carbocycles. The number of benzene rings is 1. The van der Waals surface area contributed by atoms with E-state index in [2.05, 4.69) is 6.92 Å². The topological polar surface area (TPSA) is 18.5 Å². The molecule has 1 atom stereocenters. The molecule has 1 aromatic rings. The van der Waals surface area contributed by atoms with Crippen LogP contribution >= 0.6 is 11.8 Å². The molecule has 1 saturated heterocycles. The summed E-state index contributed by atoms with van der Waals surface area (Å²) in [5, 5.41) is 0. The fraction of sp³-hybridized carbons (Fsp3) is 0.714. The van der Waals surface area contributed by atoms with Crippen molar-refractivity contribution < 1.29 is 22.6 Å². The van der Waals surface area contributed by atoms with E-state index in [0.29, 0.717) is 18.1 Å². The van der Waals surface area contributed by atoms with Gasteiger partial charge in [0.1, 0.15) is 5.75 Å². The minimum absolute atomic E-state index is 0.198. The average molecular weight is 405 g/mol. The summed E-state index contributed by atoms with van der Waals surface area (Å²) >= 11 is 1.26. The van der Waals surface area contributed by atoms with Crippen LogP contribution in [-0.4, -0.2) is 18.6 Å². The lowest BCUT2D eigenvalue weighted by Gasteiger charge is -2.19. The van der Waals surface area contributed by atoms with Crippen LogP contribution < -0.4 is 4.74 Å². The Hall–Kier alpha value is -0.880. The van der Waals surface area contributed by atoms with Gasteiger partial charge in [0.25, 0.3) is 0 Å². The van der Waals surface area contributed by atoms with Crippen LogP contribution in [0.4, 0.5) is 13.2 Å². The van der Waals surface area contributed by atoms with E-state index in [1.807, 2.05) is 0 Å². The molecule has 1 aliphatic rings. The quantitative estimate of drug-likeness (QED) is 0.266. The van der Waals surface area contributed by atoms with Gasteiger partial charge in [-0.05, 0) is 30.7 Å². The molecule has 0 N–H and O–H groups in total. The summed E-state index contributed by atoms with van der Waals surface area (Å²) in [4.78, 5) is 0.198. The molecule has 0 aliphatic carbocycles. The Morgan fingerprint density at radius 1 is 1.07 bits per heavy atom. The number of alkyl halides is 3. The highest BCUT2D eigenvalue weighted by Crippen LogP contribution is 2.42. The van der Waals surface area contributed by atoms with Crippen LogP contribution in [0.1, 0.15) is 76.7 Å². The fourth-order valence-electron chi connectivity index (χ4n) is 3.17. The van der Waals surface area contributed by atoms with Crippen molar-refractivity contribution in [2.75, 3.05) is 12.4 Å². The summed E-state index contributed by atoms with van der Waals surface area (Å²) < 4.78 is 51.4. The van der Waals surface area contributed by atoms with Crippen LogP contribution in [-0.2, 0) is 10.9 Å². The second-order valence-electron chi connectivity index (χ2n) is 7.01. The predicted octanol–water partition coefficient (Wildman–Crippen LogP) is 7.45. The largest absolute Gasteiger partial charge is 0.464 e. The first kappa shape index (κ1) is 22.4. The number of rotatable bonds is 12. The summed E-state index contributed by atoms with van der Waals surface area (Å²) in [6.07, 6.45) is 6.23. The third-order valence-corrected chi connectivity index (χ3v) is 5.88. The van der Waals surface area contributed by atoms with Crippen LogP contribution in [0, 0.1) is 0 Å². The summed E-state index contributed by atoms with van der Waals surface area (Å²) in [6, 6.07) is 4.17. The molecule has 6 heteroatoms. The molecular formula is C21H31F3O2S. The lowest BCUT2D eigenvalue weighted by Crippen LogP contribution is -2.16. The first-order chi connectivity index (χ1) is 13.0. The number of hydrogen-bond acceptors (Lipinski definition) is 3. The number of hydrogen-bond donors (Lipinski definition) is 0. The predicted molar refractivity (Wildman–Crippen MR) is 104 cm³/mol. The smallest absolute Gasteiger partial charge is 0.417 e. The second-order valence-corrected chi connectivity index (χ2v) is 8.12. The number of halogens is 3. The second kappa shape index (κ2) is 11.8. The zero-order chi connectivity index (χ0) is 19.5. The van der Waals surface area contributed by atoms with Gasteiger partial charge in [-0.1, -0.05) is 57.9 Å². The highest BCUT2D eigenvalue weighted by molar-refractivity contribution is 7.99. The molecule has 154 valence electrons. The highest BCUT2D eigenvalue weighted by atomic mass is 32.2. The molecule has 2 nitrogen and oxygen atoms in total. The maximum Gasteiger partial charge on any atom is 0.417 e. The molecule has 1 unspecified atom stereocenters. The van der Waals surface area contributed by atoms with Crippen LogP contribution in [0.25, 0.3) is 0 Å². The molecule has 0 bridgehead atoms. The lowest BCUT2D eigenvalue weighted by atomic mass is 10.1. The highest BCUT2D eigenvalue weighted by Gasteiger charge is 2.35. The van der Waals surface area contributed by atoms with Crippen molar-refractivity contribution in [3.05, 3.63) is 23.8 Å². The van der Waals surface area contributed by atoms with Gasteiger partial charge < -0.3 is 9.47 Å². The Labute approximate surface area is 165 Å². The van der Waals surface area contributed by atoms with E-state index < -0.39 is 18.0 Å². The Morgan fingerprint density at radius 3 is 2.41 bits per heavy atom. The molecule has 2 rings (SSSR count). The third-order valence-electron chi connectivity index (χ3n) is 4.67. The molecule has 1 aliphatic heterocycles. The van der Waals surface area contributed by atoms with Gasteiger partial charge in [0.05, 0.1) is 17.1 Å². The van der Waals surface area contributed by atoms with E-state index in [1.165, 1.54) is 49.9 Å². The Bertz CT molecular complexity index is 543. The Morgan fingerprint density at radius 2 is 1.78 bits per heavy atom. The van der Waals surface area contributed by atoms with Gasteiger partial charge in [0.15, 0.2) is 6.29 Å². The SMILES string of the molecule is CCCCCCCCCCSc1c(OC2CCCO2)cccc1C(F)(F)F. The van der Waals surface area contributed by atoms with Crippen molar-refractivity contribution in [1.29, 1.82) is 0 Å². The van der Waals surface area contributed by atoms with Crippen molar-refractivity contribution in [3.63, 3.8) is 0 Å². The van der Waals surface area contributed by atoms with Gasteiger partial charge in [-0.2, -0.15) is 13.2 Å². The first-order valence-electron chi connectivity index (χ1n) is 10.1. The molecule has 1 heterocycles. The standard InChI is InChI=1S/C21H31F3O2S/c1-2-3-4-5-6-7-8-9-16-27-20-17(21(22,23)24)12-10-13-18(20)26-19-14-11-15-25-19/h10,12-13,19H,2-9,11,14-16H2,1H3. The summed E-state index contributed by atoms with van der Waals surface area (Å²) in [6.45, 7) is 2.80. The maximum atomic E-state index is 13.4. The van der Waals surface area contributed by atoms with Crippen molar-refractivity contribution >= 4 is 11.8 Å². The normalized spacial score (nSPS) is 17.4. The molecule has 0 saturated carbocycles. The molecule has 0 spiro atoms.